The van der Waals surface area contributed by atoms with Gasteiger partial charge in [-0.25, -0.2) is 4.79 Å². The molecule has 11 heteroatoms. The van der Waals surface area contributed by atoms with Gasteiger partial charge >= 0.3 is 19.2 Å². The molecule has 2 N–H and O–H groups in total. The third kappa shape index (κ3) is 4.92. The van der Waals surface area contributed by atoms with E-state index in [9.17, 15) is 27.2 Å². The molecule has 0 spiro atoms. The van der Waals surface area contributed by atoms with Crippen LogP contribution in [-0.4, -0.2) is 35.2 Å². The maximum absolute atomic E-state index is 12.6. The largest absolute Gasteiger partial charge is 0.478 e. The lowest BCUT2D eigenvalue weighted by Crippen LogP contribution is -2.17. The smallest absolute Gasteiger partial charge is 0.387 e. The van der Waals surface area contributed by atoms with Crippen molar-refractivity contribution in [3.8, 4) is 11.5 Å². The van der Waals surface area contributed by atoms with Gasteiger partial charge in [-0.3, -0.25) is 9.78 Å². The monoisotopic (exact) mass is 414 g/mol. The van der Waals surface area contributed by atoms with E-state index in [0.29, 0.717) is 12.0 Å². The zero-order chi connectivity index (χ0) is 21.1. The molecule has 29 heavy (non-hydrogen) atoms. The van der Waals surface area contributed by atoms with E-state index < -0.39 is 42.5 Å². The maximum atomic E-state index is 12.6. The van der Waals surface area contributed by atoms with Crippen molar-refractivity contribution >= 4 is 17.6 Å². The first-order chi connectivity index (χ1) is 13.8. The summed E-state index contributed by atoms with van der Waals surface area (Å²) in [6.07, 6.45) is 2.83. The third-order valence-electron chi connectivity index (χ3n) is 4.26. The molecule has 1 aromatic heterocycles. The third-order valence-corrected chi connectivity index (χ3v) is 4.26. The fourth-order valence-corrected chi connectivity index (χ4v) is 2.90. The Hall–Kier alpha value is -3.37. The van der Waals surface area contributed by atoms with Crippen molar-refractivity contribution in [3.05, 3.63) is 47.8 Å². The molecule has 2 unspecified atom stereocenters. The number of carbonyl (C=O) groups excluding carboxylic acids is 1. The standard InChI is InChI=1S/C18H14F4N2O5/c19-17(20)28-13-2-1-8(5-14(13)29-18(21)22)10-6-11(10)15(25)24-12-7-23-4-3-9(12)16(26)27/h1-5,7,10-11,17-18H,6H2,(H,24,25)(H,26,27). The number of hydrogen-bond acceptors (Lipinski definition) is 5. The molecule has 1 fully saturated rings. The summed E-state index contributed by atoms with van der Waals surface area (Å²) in [5.41, 5.74) is 0.316. The van der Waals surface area contributed by atoms with Crippen molar-refractivity contribution in [1.29, 1.82) is 0 Å². The van der Waals surface area contributed by atoms with E-state index in [2.05, 4.69) is 19.8 Å². The lowest BCUT2D eigenvalue weighted by Gasteiger charge is -2.13. The van der Waals surface area contributed by atoms with Crippen LogP contribution in [0.15, 0.2) is 36.7 Å². The van der Waals surface area contributed by atoms with E-state index in [0.717, 1.165) is 12.1 Å². The molecule has 0 radical (unpaired) electrons. The topological polar surface area (TPSA) is 97.8 Å². The Kier molecular flexibility index (Phi) is 5.85. The van der Waals surface area contributed by atoms with Crippen molar-refractivity contribution in [2.45, 2.75) is 25.6 Å². The predicted molar refractivity (Wildman–Crippen MR) is 90.4 cm³/mol. The second-order valence-electron chi connectivity index (χ2n) is 6.13. The zero-order valence-electron chi connectivity index (χ0n) is 14.5. The number of benzene rings is 1. The van der Waals surface area contributed by atoms with Crippen LogP contribution in [0.25, 0.3) is 0 Å². The number of carbonyl (C=O) groups is 2. The number of alkyl halides is 4. The van der Waals surface area contributed by atoms with Crippen LogP contribution >= 0.6 is 0 Å². The fraction of sp³-hybridized carbons (Fsp3) is 0.278. The number of carboxylic acid groups (broad SMARTS) is 1. The molecular weight excluding hydrogens is 400 g/mol. The van der Waals surface area contributed by atoms with Gasteiger partial charge in [0.2, 0.25) is 5.91 Å². The van der Waals surface area contributed by atoms with Gasteiger partial charge in [-0.05, 0) is 36.1 Å². The van der Waals surface area contributed by atoms with Crippen molar-refractivity contribution in [3.63, 3.8) is 0 Å². The number of aromatic carboxylic acids is 1. The van der Waals surface area contributed by atoms with Gasteiger partial charge < -0.3 is 19.9 Å². The minimum absolute atomic E-state index is 0.0260. The van der Waals surface area contributed by atoms with Crippen LogP contribution in [0.2, 0.25) is 0 Å². The normalized spacial score (nSPS) is 17.9. The van der Waals surface area contributed by atoms with E-state index in [1.807, 2.05) is 0 Å². The lowest BCUT2D eigenvalue weighted by atomic mass is 10.1. The fourth-order valence-electron chi connectivity index (χ4n) is 2.90. The number of pyridine rings is 1. The Morgan fingerprint density at radius 1 is 1.10 bits per heavy atom. The van der Waals surface area contributed by atoms with Crippen molar-refractivity contribution in [1.82, 2.24) is 4.98 Å². The van der Waals surface area contributed by atoms with Crippen molar-refractivity contribution in [2.75, 3.05) is 5.32 Å². The van der Waals surface area contributed by atoms with Crippen molar-refractivity contribution < 1.29 is 41.7 Å². The summed E-state index contributed by atoms with van der Waals surface area (Å²) in [5, 5.41) is 11.6. The molecule has 1 amide bonds. The summed E-state index contributed by atoms with van der Waals surface area (Å²) >= 11 is 0. The van der Waals surface area contributed by atoms with Gasteiger partial charge in [0.15, 0.2) is 11.5 Å². The molecule has 3 rings (SSSR count). The van der Waals surface area contributed by atoms with E-state index in [1.165, 1.54) is 24.5 Å². The lowest BCUT2D eigenvalue weighted by molar-refractivity contribution is -0.117. The highest BCUT2D eigenvalue weighted by atomic mass is 19.3. The van der Waals surface area contributed by atoms with E-state index in [-0.39, 0.29) is 17.2 Å². The maximum Gasteiger partial charge on any atom is 0.387 e. The van der Waals surface area contributed by atoms with Crippen LogP contribution in [0, 0.1) is 5.92 Å². The number of nitrogens with zero attached hydrogens (tertiary/aromatic N) is 1. The molecule has 7 nitrogen and oxygen atoms in total. The minimum Gasteiger partial charge on any atom is -0.478 e. The van der Waals surface area contributed by atoms with Crippen LogP contribution in [0.1, 0.15) is 28.3 Å². The number of hydrogen-bond donors (Lipinski definition) is 2. The van der Waals surface area contributed by atoms with Gasteiger partial charge in [0.1, 0.15) is 0 Å². The second-order valence-corrected chi connectivity index (χ2v) is 6.13. The van der Waals surface area contributed by atoms with E-state index in [1.54, 1.807) is 0 Å². The highest BCUT2D eigenvalue weighted by Gasteiger charge is 2.44. The Labute approximate surface area is 161 Å². The number of rotatable bonds is 8. The minimum atomic E-state index is -3.25. The quantitative estimate of drug-likeness (QED) is 0.639. The van der Waals surface area contributed by atoms with Gasteiger partial charge in [-0.1, -0.05) is 6.07 Å². The molecule has 0 bridgehead atoms. The number of ether oxygens (including phenoxy) is 2. The number of nitrogens with one attached hydrogen (secondary N) is 1. The average molecular weight is 414 g/mol. The molecule has 1 aliphatic rings. The Bertz CT molecular complexity index is 925. The number of halogens is 4. The summed E-state index contributed by atoms with van der Waals surface area (Å²) in [4.78, 5) is 27.4. The van der Waals surface area contributed by atoms with Gasteiger partial charge in [0, 0.05) is 12.1 Å². The molecule has 0 saturated heterocycles. The van der Waals surface area contributed by atoms with Crippen LogP contribution in [-0.2, 0) is 4.79 Å². The summed E-state index contributed by atoms with van der Waals surface area (Å²) in [6, 6.07) is 4.80. The number of amides is 1. The average Bonchev–Trinajstić information content (AvgIpc) is 3.43. The van der Waals surface area contributed by atoms with Crippen LogP contribution in [0.3, 0.4) is 0 Å². The second kappa shape index (κ2) is 8.33. The Morgan fingerprint density at radius 2 is 1.79 bits per heavy atom. The summed E-state index contributed by atoms with van der Waals surface area (Å²) in [7, 11) is 0. The number of carboxylic acids is 1. The first-order valence-corrected chi connectivity index (χ1v) is 8.28. The number of aromatic nitrogens is 1. The molecule has 1 saturated carbocycles. The highest BCUT2D eigenvalue weighted by Crippen LogP contribution is 2.49. The van der Waals surface area contributed by atoms with Crippen LogP contribution in [0.5, 0.6) is 11.5 Å². The van der Waals surface area contributed by atoms with E-state index >= 15 is 0 Å². The molecule has 1 aromatic carbocycles. The van der Waals surface area contributed by atoms with Gasteiger partial charge in [0.25, 0.3) is 0 Å². The summed E-state index contributed by atoms with van der Waals surface area (Å²) in [5.74, 6) is -3.76. The first-order valence-electron chi connectivity index (χ1n) is 8.28. The Morgan fingerprint density at radius 3 is 2.45 bits per heavy atom. The van der Waals surface area contributed by atoms with Gasteiger partial charge in [-0.2, -0.15) is 17.6 Å². The predicted octanol–water partition coefficient (Wildman–Crippen LogP) is 3.72. The van der Waals surface area contributed by atoms with Crippen molar-refractivity contribution in [2.24, 2.45) is 5.92 Å². The Balaban J connectivity index is 1.73. The zero-order valence-corrected chi connectivity index (χ0v) is 14.5. The van der Waals surface area contributed by atoms with Gasteiger partial charge in [0.05, 0.1) is 17.4 Å². The molecule has 1 aliphatic carbocycles. The molecule has 2 aromatic rings. The van der Waals surface area contributed by atoms with Crippen LogP contribution in [0.4, 0.5) is 23.2 Å². The summed E-state index contributed by atoms with van der Waals surface area (Å²) < 4.78 is 58.3. The molecule has 1 heterocycles. The first kappa shape index (κ1) is 20.4. The SMILES string of the molecule is O=C(O)c1ccncc1NC(=O)C1CC1c1ccc(OC(F)F)c(OC(F)F)c1. The van der Waals surface area contributed by atoms with Crippen LogP contribution < -0.4 is 14.8 Å². The number of anilines is 1. The molecule has 2 atom stereocenters. The molecule has 0 aliphatic heterocycles. The van der Waals surface area contributed by atoms with Gasteiger partial charge in [-0.15, -0.1) is 0 Å². The van der Waals surface area contributed by atoms with E-state index in [4.69, 9.17) is 5.11 Å². The highest BCUT2D eigenvalue weighted by molar-refractivity contribution is 6.02. The molecule has 154 valence electrons. The summed E-state index contributed by atoms with van der Waals surface area (Å²) in [6.45, 7) is -6.47. The molecular formula is C18H14F4N2O5.